The Morgan fingerprint density at radius 3 is 2.21 bits per heavy atom. The Balaban J connectivity index is 2.52. The largest absolute Gasteiger partial charge is 0.401 e. The molecule has 5 heteroatoms. The fraction of sp³-hybridized carbons (Fsp3) is 0.571. The van der Waals surface area contributed by atoms with Crippen molar-refractivity contribution in [2.45, 2.75) is 38.6 Å². The van der Waals surface area contributed by atoms with Crippen molar-refractivity contribution >= 4 is 0 Å². The normalized spacial score (nSPS) is 14.1. The van der Waals surface area contributed by atoms with Crippen LogP contribution in [0.5, 0.6) is 0 Å². The van der Waals surface area contributed by atoms with Gasteiger partial charge in [0.2, 0.25) is 0 Å². The van der Waals surface area contributed by atoms with Crippen molar-refractivity contribution in [1.29, 1.82) is 0 Å². The van der Waals surface area contributed by atoms with Gasteiger partial charge in [0, 0.05) is 12.6 Å². The number of alkyl halides is 3. The highest BCUT2D eigenvalue weighted by Gasteiger charge is 2.31. The molecular weight excluding hydrogens is 255 g/mol. The summed E-state index contributed by atoms with van der Waals surface area (Å²) in [7, 11) is 0. The van der Waals surface area contributed by atoms with E-state index in [1.54, 1.807) is 38.1 Å². The zero-order chi connectivity index (χ0) is 14.5. The average Bonchev–Trinajstić information content (AvgIpc) is 2.33. The Morgan fingerprint density at radius 2 is 1.74 bits per heavy atom. The zero-order valence-electron chi connectivity index (χ0n) is 11.2. The van der Waals surface area contributed by atoms with E-state index in [1.807, 2.05) is 6.07 Å². The second-order valence-electron chi connectivity index (χ2n) is 4.89. The van der Waals surface area contributed by atoms with Crippen molar-refractivity contribution in [3.8, 4) is 0 Å². The van der Waals surface area contributed by atoms with Gasteiger partial charge in [0.15, 0.2) is 0 Å². The molecule has 0 aliphatic carbocycles. The van der Waals surface area contributed by atoms with Crippen molar-refractivity contribution in [3.63, 3.8) is 0 Å². The number of hydrogen-bond donors (Lipinski definition) is 1. The maximum absolute atomic E-state index is 12.4. The van der Waals surface area contributed by atoms with Crippen molar-refractivity contribution in [3.05, 3.63) is 35.9 Å². The lowest BCUT2D eigenvalue weighted by Gasteiger charge is -2.28. The molecule has 108 valence electrons. The summed E-state index contributed by atoms with van der Waals surface area (Å²) >= 11 is 0. The monoisotopic (exact) mass is 275 g/mol. The molecule has 0 amide bonds. The van der Waals surface area contributed by atoms with Crippen LogP contribution < -0.4 is 0 Å². The molecule has 0 bridgehead atoms. The van der Waals surface area contributed by atoms with Crippen molar-refractivity contribution in [2.75, 3.05) is 13.1 Å². The van der Waals surface area contributed by atoms with E-state index >= 15 is 0 Å². The second-order valence-corrected chi connectivity index (χ2v) is 4.89. The summed E-state index contributed by atoms with van der Waals surface area (Å²) in [6.07, 6.45) is -4.64. The summed E-state index contributed by atoms with van der Waals surface area (Å²) in [6.45, 7) is 2.72. The van der Waals surface area contributed by atoms with Crippen LogP contribution in [0.4, 0.5) is 13.2 Å². The number of benzene rings is 1. The Bertz CT molecular complexity index is 365. The van der Waals surface area contributed by atoms with Gasteiger partial charge in [-0.15, -0.1) is 0 Å². The standard InChI is InChI=1S/C14H20F3NO/c1-11(2)18(10-14(15,16)17)9-8-13(19)12-6-4-3-5-7-12/h3-7,11,13,19H,8-10H2,1-2H3. The quantitative estimate of drug-likeness (QED) is 0.860. The predicted molar refractivity (Wildman–Crippen MR) is 68.8 cm³/mol. The molecule has 1 atom stereocenters. The lowest BCUT2D eigenvalue weighted by Crippen LogP contribution is -2.40. The Morgan fingerprint density at radius 1 is 1.16 bits per heavy atom. The number of aliphatic hydroxyl groups excluding tert-OH is 1. The summed E-state index contributed by atoms with van der Waals surface area (Å²) in [6, 6.07) is 8.77. The van der Waals surface area contributed by atoms with Crippen LogP contribution in [0.15, 0.2) is 30.3 Å². The molecule has 1 rings (SSSR count). The van der Waals surface area contributed by atoms with E-state index < -0.39 is 18.8 Å². The molecule has 0 saturated heterocycles. The van der Waals surface area contributed by atoms with Crippen LogP contribution in [0.25, 0.3) is 0 Å². The smallest absolute Gasteiger partial charge is 0.388 e. The van der Waals surface area contributed by atoms with Gasteiger partial charge >= 0.3 is 6.18 Å². The lowest BCUT2D eigenvalue weighted by atomic mass is 10.1. The third-order valence-electron chi connectivity index (χ3n) is 2.99. The predicted octanol–water partition coefficient (Wildman–Crippen LogP) is 3.38. The minimum Gasteiger partial charge on any atom is -0.388 e. The Labute approximate surface area is 111 Å². The van der Waals surface area contributed by atoms with Crippen LogP contribution in [-0.4, -0.2) is 35.3 Å². The minimum atomic E-state index is -4.21. The van der Waals surface area contributed by atoms with E-state index in [4.69, 9.17) is 0 Å². The number of halogens is 3. The van der Waals surface area contributed by atoms with E-state index in [0.29, 0.717) is 0 Å². The Kier molecular flexibility index (Phi) is 5.82. The van der Waals surface area contributed by atoms with Gasteiger partial charge in [-0.2, -0.15) is 13.2 Å². The van der Waals surface area contributed by atoms with Gasteiger partial charge in [0.25, 0.3) is 0 Å². The molecular formula is C14H20F3NO. The molecule has 1 aromatic carbocycles. The molecule has 0 spiro atoms. The van der Waals surface area contributed by atoms with Gasteiger partial charge in [0.1, 0.15) is 0 Å². The fourth-order valence-corrected chi connectivity index (χ4v) is 1.88. The van der Waals surface area contributed by atoms with Gasteiger partial charge < -0.3 is 5.11 Å². The molecule has 0 aromatic heterocycles. The maximum atomic E-state index is 12.4. The van der Waals surface area contributed by atoms with E-state index in [1.165, 1.54) is 4.90 Å². The van der Waals surface area contributed by atoms with Gasteiger partial charge in [-0.25, -0.2) is 0 Å². The van der Waals surface area contributed by atoms with Crippen LogP contribution in [0, 0.1) is 0 Å². The highest BCUT2D eigenvalue weighted by Crippen LogP contribution is 2.21. The topological polar surface area (TPSA) is 23.5 Å². The summed E-state index contributed by atoms with van der Waals surface area (Å²) in [5.41, 5.74) is 0.734. The molecule has 0 saturated carbocycles. The van der Waals surface area contributed by atoms with Gasteiger partial charge in [-0.05, 0) is 25.8 Å². The average molecular weight is 275 g/mol. The van der Waals surface area contributed by atoms with Crippen LogP contribution in [0.2, 0.25) is 0 Å². The zero-order valence-corrected chi connectivity index (χ0v) is 11.2. The number of hydrogen-bond acceptors (Lipinski definition) is 2. The Hall–Kier alpha value is -1.07. The van der Waals surface area contributed by atoms with Gasteiger partial charge in [-0.3, -0.25) is 4.90 Å². The van der Waals surface area contributed by atoms with Crippen LogP contribution in [0.1, 0.15) is 31.9 Å². The van der Waals surface area contributed by atoms with Crippen molar-refractivity contribution < 1.29 is 18.3 Å². The molecule has 2 nitrogen and oxygen atoms in total. The first-order chi connectivity index (χ1) is 8.79. The molecule has 1 unspecified atom stereocenters. The molecule has 0 aliphatic rings. The molecule has 1 N–H and O–H groups in total. The summed E-state index contributed by atoms with van der Waals surface area (Å²) in [4.78, 5) is 1.33. The van der Waals surface area contributed by atoms with E-state index in [-0.39, 0.29) is 19.0 Å². The highest BCUT2D eigenvalue weighted by molar-refractivity contribution is 5.17. The molecule has 0 fully saturated rings. The molecule has 0 aliphatic heterocycles. The first kappa shape index (κ1) is 16.0. The van der Waals surface area contributed by atoms with Crippen LogP contribution >= 0.6 is 0 Å². The van der Waals surface area contributed by atoms with Gasteiger partial charge in [-0.1, -0.05) is 30.3 Å². The summed E-state index contributed by atoms with van der Waals surface area (Å²) < 4.78 is 37.2. The third-order valence-corrected chi connectivity index (χ3v) is 2.99. The third kappa shape index (κ3) is 6.07. The van der Waals surface area contributed by atoms with Crippen LogP contribution in [-0.2, 0) is 0 Å². The minimum absolute atomic E-state index is 0.204. The van der Waals surface area contributed by atoms with Crippen molar-refractivity contribution in [2.24, 2.45) is 0 Å². The maximum Gasteiger partial charge on any atom is 0.401 e. The first-order valence-corrected chi connectivity index (χ1v) is 6.33. The summed E-state index contributed by atoms with van der Waals surface area (Å²) in [5, 5.41) is 9.94. The van der Waals surface area contributed by atoms with E-state index in [9.17, 15) is 18.3 Å². The fourth-order valence-electron chi connectivity index (χ4n) is 1.88. The highest BCUT2D eigenvalue weighted by atomic mass is 19.4. The summed E-state index contributed by atoms with van der Waals surface area (Å²) in [5.74, 6) is 0. The SMILES string of the molecule is CC(C)N(CCC(O)c1ccccc1)CC(F)(F)F. The first-order valence-electron chi connectivity index (χ1n) is 6.33. The lowest BCUT2D eigenvalue weighted by molar-refractivity contribution is -0.150. The number of nitrogens with zero attached hydrogens (tertiary/aromatic N) is 1. The molecule has 0 heterocycles. The van der Waals surface area contributed by atoms with E-state index in [2.05, 4.69) is 0 Å². The molecule has 1 aromatic rings. The van der Waals surface area contributed by atoms with Gasteiger partial charge in [0.05, 0.1) is 12.6 Å². The number of aliphatic hydroxyl groups is 1. The van der Waals surface area contributed by atoms with Crippen LogP contribution in [0.3, 0.4) is 0 Å². The molecule has 19 heavy (non-hydrogen) atoms. The second kappa shape index (κ2) is 6.91. The molecule has 0 radical (unpaired) electrons. The van der Waals surface area contributed by atoms with Crippen molar-refractivity contribution in [1.82, 2.24) is 4.90 Å². The number of rotatable bonds is 6. The van der Waals surface area contributed by atoms with E-state index in [0.717, 1.165) is 5.56 Å².